The molecular formula is C13H13NaO6S2. The molecule has 0 unspecified atom stereocenters. The van der Waals surface area contributed by atoms with E-state index in [-0.39, 0.29) is 42.1 Å². The Morgan fingerprint density at radius 3 is 1.18 bits per heavy atom. The van der Waals surface area contributed by atoms with Crippen molar-refractivity contribution in [3.05, 3.63) is 71.8 Å². The summed E-state index contributed by atoms with van der Waals surface area (Å²) in [4.78, 5) is 0. The van der Waals surface area contributed by atoms with Crippen molar-refractivity contribution in [3.63, 3.8) is 0 Å². The summed E-state index contributed by atoms with van der Waals surface area (Å²) in [5.41, 5.74) is -0.553. The molecule has 0 radical (unpaired) electrons. The number of benzene rings is 2. The van der Waals surface area contributed by atoms with Gasteiger partial charge in [0, 0.05) is 0 Å². The minimum absolute atomic E-state index is 0. The molecule has 0 saturated heterocycles. The van der Waals surface area contributed by atoms with Gasteiger partial charge in [-0.2, -0.15) is 16.8 Å². The van der Waals surface area contributed by atoms with E-state index in [1.165, 1.54) is 48.5 Å². The van der Waals surface area contributed by atoms with Crippen LogP contribution in [0.15, 0.2) is 60.7 Å². The Morgan fingerprint density at radius 1 is 0.682 bits per heavy atom. The molecule has 0 aromatic heterocycles. The first-order valence-corrected chi connectivity index (χ1v) is 8.64. The maximum Gasteiger partial charge on any atom is 1.00 e. The Kier molecular flexibility index (Phi) is 5.96. The van der Waals surface area contributed by atoms with Crippen LogP contribution < -0.4 is 29.6 Å². The molecule has 6 nitrogen and oxygen atoms in total. The normalized spacial score (nSPS) is 12.5. The van der Waals surface area contributed by atoms with E-state index in [1.807, 2.05) is 0 Å². The third kappa shape index (κ3) is 3.13. The Bertz CT molecular complexity index is 765. The summed E-state index contributed by atoms with van der Waals surface area (Å²) in [5.74, 6) is 0. The fraction of sp³-hybridized carbons (Fsp3) is 0.0769. The molecule has 0 aliphatic carbocycles. The van der Waals surface area contributed by atoms with Gasteiger partial charge in [0.2, 0.25) is 0 Å². The molecule has 0 spiro atoms. The summed E-state index contributed by atoms with van der Waals surface area (Å²) in [6, 6.07) is 13.5. The zero-order valence-corrected chi connectivity index (χ0v) is 15.3. The van der Waals surface area contributed by atoms with Gasteiger partial charge in [-0.1, -0.05) is 60.7 Å². The van der Waals surface area contributed by atoms with Crippen molar-refractivity contribution in [1.82, 2.24) is 0 Å². The third-order valence-electron chi connectivity index (χ3n) is 3.03. The van der Waals surface area contributed by atoms with Crippen molar-refractivity contribution in [1.29, 1.82) is 0 Å². The molecule has 0 heterocycles. The summed E-state index contributed by atoms with van der Waals surface area (Å²) >= 11 is 0. The summed E-state index contributed by atoms with van der Waals surface area (Å²) < 4.78 is 63.9. The Hall–Kier alpha value is -0.740. The largest absolute Gasteiger partial charge is 1.00 e. The van der Waals surface area contributed by atoms with Crippen LogP contribution in [0.3, 0.4) is 0 Å². The molecule has 0 amide bonds. The van der Waals surface area contributed by atoms with Gasteiger partial charge in [-0.05, 0) is 11.1 Å². The van der Waals surface area contributed by atoms with Gasteiger partial charge < -0.3 is 1.43 Å². The summed E-state index contributed by atoms with van der Waals surface area (Å²) in [6.07, 6.45) is 0. The topological polar surface area (TPSA) is 109 Å². The molecule has 2 N–H and O–H groups in total. The molecule has 0 saturated carbocycles. The van der Waals surface area contributed by atoms with Crippen LogP contribution in [0.1, 0.15) is 12.6 Å². The second-order valence-electron chi connectivity index (χ2n) is 4.30. The van der Waals surface area contributed by atoms with Crippen molar-refractivity contribution < 1.29 is 56.9 Å². The van der Waals surface area contributed by atoms with Crippen LogP contribution in [0.2, 0.25) is 0 Å². The molecule has 0 bridgehead atoms. The number of hydrogen-bond donors (Lipinski definition) is 2. The average molecular weight is 352 g/mol. The second kappa shape index (κ2) is 6.79. The smallest absolute Gasteiger partial charge is 1.00 e. The second-order valence-corrected chi connectivity index (χ2v) is 7.68. The van der Waals surface area contributed by atoms with Crippen LogP contribution in [-0.4, -0.2) is 25.9 Å². The van der Waals surface area contributed by atoms with Crippen molar-refractivity contribution in [2.24, 2.45) is 0 Å². The van der Waals surface area contributed by atoms with Crippen molar-refractivity contribution in [3.8, 4) is 0 Å². The Morgan fingerprint density at radius 2 is 0.955 bits per heavy atom. The van der Waals surface area contributed by atoms with Crippen LogP contribution in [0, 0.1) is 0 Å². The number of hydrogen-bond acceptors (Lipinski definition) is 4. The molecule has 2 aromatic carbocycles. The van der Waals surface area contributed by atoms with E-state index in [0.717, 1.165) is 0 Å². The predicted molar refractivity (Wildman–Crippen MR) is 77.9 cm³/mol. The first kappa shape index (κ1) is 19.3. The molecule has 0 aliphatic rings. The summed E-state index contributed by atoms with van der Waals surface area (Å²) in [6.45, 7) is 0. The van der Waals surface area contributed by atoms with Gasteiger partial charge in [-0.3, -0.25) is 9.11 Å². The van der Waals surface area contributed by atoms with Gasteiger partial charge in [0.25, 0.3) is 24.3 Å². The number of rotatable bonds is 4. The molecule has 114 valence electrons. The van der Waals surface area contributed by atoms with E-state index in [2.05, 4.69) is 0 Å². The van der Waals surface area contributed by atoms with Gasteiger partial charge >= 0.3 is 29.6 Å². The van der Waals surface area contributed by atoms with Gasteiger partial charge in [0.1, 0.15) is 0 Å². The summed E-state index contributed by atoms with van der Waals surface area (Å²) in [7, 11) is -10.5. The monoisotopic (exact) mass is 352 g/mol. The fourth-order valence-electron chi connectivity index (χ4n) is 2.21. The quantitative estimate of drug-likeness (QED) is 0.527. The standard InChI is InChI=1S/C13H12O6S2.Na.H/c14-20(15,16)13(21(17,18)19,11-7-3-1-4-8-11)12-9-5-2-6-10-12;;/h1-10H,(H,14,15,16)(H,17,18,19);;/q;+1;-1. The van der Waals surface area contributed by atoms with Gasteiger partial charge in [-0.25, -0.2) is 0 Å². The van der Waals surface area contributed by atoms with E-state index in [1.54, 1.807) is 12.1 Å². The van der Waals surface area contributed by atoms with Crippen LogP contribution in [0.5, 0.6) is 0 Å². The predicted octanol–water partition coefficient (Wildman–Crippen LogP) is -1.22. The SMILES string of the molecule is O=S(=O)(O)C(c1ccccc1)(c1ccccc1)S(=O)(=O)O.[H-].[Na+]. The van der Waals surface area contributed by atoms with E-state index < -0.39 is 24.3 Å². The zero-order valence-electron chi connectivity index (χ0n) is 12.6. The first-order chi connectivity index (χ1) is 9.71. The average Bonchev–Trinajstić information content (AvgIpc) is 2.38. The van der Waals surface area contributed by atoms with E-state index in [4.69, 9.17) is 0 Å². The Labute approximate surface area is 152 Å². The van der Waals surface area contributed by atoms with Crippen LogP contribution in [-0.2, 0) is 24.3 Å². The summed E-state index contributed by atoms with van der Waals surface area (Å²) in [5, 5.41) is 0. The van der Waals surface area contributed by atoms with Crippen molar-refractivity contribution >= 4 is 20.2 Å². The fourth-order valence-corrected chi connectivity index (χ4v) is 5.01. The van der Waals surface area contributed by atoms with Crippen LogP contribution in [0.4, 0.5) is 0 Å². The molecule has 0 atom stereocenters. The van der Waals surface area contributed by atoms with E-state index in [9.17, 15) is 25.9 Å². The Balaban J connectivity index is 0.00000242. The van der Waals surface area contributed by atoms with Gasteiger partial charge in [0.05, 0.1) is 0 Å². The first-order valence-electron chi connectivity index (χ1n) is 5.76. The minimum atomic E-state index is -5.23. The molecule has 2 rings (SSSR count). The zero-order chi connectivity index (χ0) is 15.7. The molecule has 2 aromatic rings. The van der Waals surface area contributed by atoms with E-state index in [0.29, 0.717) is 0 Å². The van der Waals surface area contributed by atoms with Crippen molar-refractivity contribution in [2.45, 2.75) is 4.08 Å². The molecular weight excluding hydrogens is 339 g/mol. The molecule has 0 fully saturated rings. The molecule has 0 aliphatic heterocycles. The third-order valence-corrected chi connectivity index (χ3v) is 6.69. The molecule has 22 heavy (non-hydrogen) atoms. The van der Waals surface area contributed by atoms with Crippen molar-refractivity contribution in [2.75, 3.05) is 0 Å². The van der Waals surface area contributed by atoms with E-state index >= 15 is 0 Å². The maximum atomic E-state index is 11.9. The maximum absolute atomic E-state index is 11.9. The van der Waals surface area contributed by atoms with Crippen LogP contribution in [0.25, 0.3) is 0 Å². The van der Waals surface area contributed by atoms with Crippen LogP contribution >= 0.6 is 0 Å². The molecule has 9 heteroatoms. The minimum Gasteiger partial charge on any atom is -1.00 e. The van der Waals surface area contributed by atoms with Gasteiger partial charge in [0.15, 0.2) is 0 Å². The van der Waals surface area contributed by atoms with Gasteiger partial charge in [-0.15, -0.1) is 0 Å².